The second kappa shape index (κ2) is 8.39. The van der Waals surface area contributed by atoms with Crippen LogP contribution in [-0.2, 0) is 30.3 Å². The molecule has 1 aromatic carbocycles. The average molecular weight is 398 g/mol. The minimum atomic E-state index is -1.05. The summed E-state index contributed by atoms with van der Waals surface area (Å²) >= 11 is 0. The molecule has 28 heavy (non-hydrogen) atoms. The van der Waals surface area contributed by atoms with Gasteiger partial charge < -0.3 is 34.6 Å². The number of carbonyl (C=O) groups excluding carboxylic acids is 1. The SMILES string of the molecule is CC(=O)NC1C(OCc2ccc([NH+]([O-])O)cc2)OC2COC(C)(C)OC2C1O. The van der Waals surface area contributed by atoms with Gasteiger partial charge in [0.05, 0.1) is 13.2 Å². The maximum Gasteiger partial charge on any atom is 0.217 e. The molecule has 2 aliphatic rings. The number of fused-ring (bicyclic) bond motifs is 1. The zero-order valence-corrected chi connectivity index (χ0v) is 16.0. The first-order valence-corrected chi connectivity index (χ1v) is 9.02. The van der Waals surface area contributed by atoms with E-state index in [1.54, 1.807) is 26.0 Å². The predicted molar refractivity (Wildman–Crippen MR) is 94.2 cm³/mol. The number of aliphatic hydroxyl groups is 1. The van der Waals surface area contributed by atoms with E-state index >= 15 is 0 Å². The molecule has 0 aliphatic carbocycles. The minimum absolute atomic E-state index is 0.109. The summed E-state index contributed by atoms with van der Waals surface area (Å²) in [5, 5.41) is 32.3. The molecule has 2 fully saturated rings. The van der Waals surface area contributed by atoms with Crippen molar-refractivity contribution in [2.24, 2.45) is 0 Å². The maximum absolute atomic E-state index is 11.6. The Morgan fingerprint density at radius 2 is 2.07 bits per heavy atom. The third kappa shape index (κ3) is 4.85. The zero-order chi connectivity index (χ0) is 20.5. The highest BCUT2D eigenvalue weighted by molar-refractivity contribution is 5.73. The van der Waals surface area contributed by atoms with Crippen molar-refractivity contribution in [3.8, 4) is 0 Å². The molecular formula is C18H26N2O8. The van der Waals surface area contributed by atoms with Crippen LogP contribution in [0.3, 0.4) is 0 Å². The molecular weight excluding hydrogens is 372 g/mol. The third-order valence-electron chi connectivity index (χ3n) is 4.67. The second-order valence-electron chi connectivity index (χ2n) is 7.37. The van der Waals surface area contributed by atoms with Crippen LogP contribution in [0.15, 0.2) is 24.3 Å². The number of benzene rings is 1. The molecule has 10 heteroatoms. The summed E-state index contributed by atoms with van der Waals surface area (Å²) in [5.41, 5.74) is 0.898. The molecule has 0 saturated carbocycles. The Kier molecular flexibility index (Phi) is 6.32. The number of quaternary nitrogens is 1. The molecule has 0 spiro atoms. The highest BCUT2D eigenvalue weighted by Gasteiger charge is 2.51. The van der Waals surface area contributed by atoms with E-state index in [2.05, 4.69) is 5.32 Å². The molecule has 1 aromatic rings. The van der Waals surface area contributed by atoms with Gasteiger partial charge in [-0.15, -0.1) is 0 Å². The van der Waals surface area contributed by atoms with Gasteiger partial charge in [-0.1, -0.05) is 12.1 Å². The van der Waals surface area contributed by atoms with Crippen LogP contribution in [0.5, 0.6) is 0 Å². The summed E-state index contributed by atoms with van der Waals surface area (Å²) in [6.45, 7) is 5.15. The van der Waals surface area contributed by atoms with Crippen molar-refractivity contribution in [3.05, 3.63) is 35.0 Å². The zero-order valence-electron chi connectivity index (χ0n) is 16.0. The van der Waals surface area contributed by atoms with Gasteiger partial charge in [0.2, 0.25) is 5.91 Å². The molecule has 6 unspecified atom stereocenters. The lowest BCUT2D eigenvalue weighted by molar-refractivity contribution is -0.991. The topological polar surface area (TPSA) is 134 Å². The normalized spacial score (nSPS) is 33.0. The summed E-state index contributed by atoms with van der Waals surface area (Å²) in [6, 6.07) is 5.39. The van der Waals surface area contributed by atoms with Crippen LogP contribution in [0.2, 0.25) is 0 Å². The molecule has 0 aromatic heterocycles. The van der Waals surface area contributed by atoms with Gasteiger partial charge >= 0.3 is 0 Å². The van der Waals surface area contributed by atoms with E-state index < -0.39 is 41.7 Å². The summed E-state index contributed by atoms with van der Waals surface area (Å²) in [6.07, 6.45) is -3.19. The predicted octanol–water partition coefficient (Wildman–Crippen LogP) is -0.651. The van der Waals surface area contributed by atoms with Gasteiger partial charge in [0.1, 0.15) is 24.4 Å². The fraction of sp³-hybridized carbons (Fsp3) is 0.611. The molecule has 4 N–H and O–H groups in total. The lowest BCUT2D eigenvalue weighted by Crippen LogP contribution is -2.99. The van der Waals surface area contributed by atoms with Gasteiger partial charge in [-0.05, 0) is 19.4 Å². The van der Waals surface area contributed by atoms with E-state index in [0.29, 0.717) is 0 Å². The van der Waals surface area contributed by atoms with Gasteiger partial charge in [0.15, 0.2) is 17.8 Å². The smallest absolute Gasteiger partial charge is 0.217 e. The highest BCUT2D eigenvalue weighted by Crippen LogP contribution is 2.33. The number of hydrogen-bond acceptors (Lipinski definition) is 8. The van der Waals surface area contributed by atoms with Gasteiger partial charge in [-0.2, -0.15) is 5.23 Å². The van der Waals surface area contributed by atoms with Crippen LogP contribution in [0, 0.1) is 5.21 Å². The summed E-state index contributed by atoms with van der Waals surface area (Å²) < 4.78 is 23.1. The molecule has 2 heterocycles. The average Bonchev–Trinajstić information content (AvgIpc) is 2.63. The standard InChI is InChI=1S/C18H26N2O8/c1-10(21)19-14-15(22)16-13(9-26-18(2,3)28-16)27-17(14)25-8-11-4-6-12(7-5-11)20(23)24/h4-7,13-17,20,22-23H,8-9H2,1-3H3,(H,19,21). The van der Waals surface area contributed by atoms with Crippen molar-refractivity contribution in [1.29, 1.82) is 0 Å². The van der Waals surface area contributed by atoms with Crippen molar-refractivity contribution in [1.82, 2.24) is 5.32 Å². The Morgan fingerprint density at radius 3 is 2.68 bits per heavy atom. The Bertz CT molecular complexity index is 681. The van der Waals surface area contributed by atoms with Crippen LogP contribution in [0.1, 0.15) is 26.3 Å². The van der Waals surface area contributed by atoms with Crippen molar-refractivity contribution >= 4 is 11.6 Å². The molecule has 2 saturated heterocycles. The van der Waals surface area contributed by atoms with Crippen LogP contribution in [-0.4, -0.2) is 59.3 Å². The van der Waals surface area contributed by atoms with E-state index in [9.17, 15) is 15.1 Å². The number of ether oxygens (including phenoxy) is 4. The van der Waals surface area contributed by atoms with Gasteiger partial charge in [0, 0.05) is 19.1 Å². The quantitative estimate of drug-likeness (QED) is 0.481. The van der Waals surface area contributed by atoms with E-state index in [-0.39, 0.29) is 24.8 Å². The second-order valence-corrected chi connectivity index (χ2v) is 7.37. The number of amides is 1. The Hall–Kier alpha value is -1.63. The number of hydrogen-bond donors (Lipinski definition) is 4. The number of carbonyl (C=O) groups is 1. The molecule has 3 rings (SSSR count). The Balaban J connectivity index is 1.70. The molecule has 2 aliphatic heterocycles. The van der Waals surface area contributed by atoms with Gasteiger partial charge in [-0.3, -0.25) is 4.79 Å². The first-order chi connectivity index (χ1) is 13.2. The van der Waals surface area contributed by atoms with E-state index in [1.807, 2.05) is 0 Å². The van der Waals surface area contributed by atoms with Gasteiger partial charge in [0.25, 0.3) is 0 Å². The number of nitrogens with one attached hydrogen (secondary N) is 2. The van der Waals surface area contributed by atoms with Crippen molar-refractivity contribution in [2.45, 2.75) is 63.8 Å². The summed E-state index contributed by atoms with van der Waals surface area (Å²) in [5.74, 6) is -1.21. The number of aliphatic hydroxyl groups excluding tert-OH is 1. The molecule has 1 amide bonds. The maximum atomic E-state index is 11.6. The Morgan fingerprint density at radius 1 is 1.39 bits per heavy atom. The molecule has 0 radical (unpaired) electrons. The monoisotopic (exact) mass is 398 g/mol. The fourth-order valence-electron chi connectivity index (χ4n) is 3.30. The van der Waals surface area contributed by atoms with Crippen LogP contribution in [0.4, 0.5) is 5.69 Å². The van der Waals surface area contributed by atoms with E-state index in [0.717, 1.165) is 5.56 Å². The lowest BCUT2D eigenvalue weighted by Gasteiger charge is -2.49. The molecule has 0 bridgehead atoms. The van der Waals surface area contributed by atoms with E-state index in [4.69, 9.17) is 24.2 Å². The van der Waals surface area contributed by atoms with Crippen molar-refractivity contribution in [2.75, 3.05) is 6.61 Å². The van der Waals surface area contributed by atoms with Gasteiger partial charge in [-0.25, -0.2) is 5.21 Å². The largest absolute Gasteiger partial charge is 0.595 e. The molecule has 10 nitrogen and oxygen atoms in total. The fourth-order valence-corrected chi connectivity index (χ4v) is 3.30. The van der Waals surface area contributed by atoms with E-state index in [1.165, 1.54) is 19.1 Å². The van der Waals surface area contributed by atoms with Crippen molar-refractivity contribution in [3.63, 3.8) is 0 Å². The lowest BCUT2D eigenvalue weighted by atomic mass is 9.95. The van der Waals surface area contributed by atoms with Crippen LogP contribution in [0.25, 0.3) is 0 Å². The summed E-state index contributed by atoms with van der Waals surface area (Å²) in [7, 11) is 0. The summed E-state index contributed by atoms with van der Waals surface area (Å²) in [4.78, 5) is 11.6. The van der Waals surface area contributed by atoms with Crippen LogP contribution < -0.4 is 10.5 Å². The molecule has 6 atom stereocenters. The van der Waals surface area contributed by atoms with Crippen LogP contribution >= 0.6 is 0 Å². The minimum Gasteiger partial charge on any atom is -0.595 e. The number of rotatable bonds is 5. The first kappa shape index (κ1) is 21.1. The molecule has 156 valence electrons. The Labute approximate surface area is 162 Å². The highest BCUT2D eigenvalue weighted by atomic mass is 16.8. The van der Waals surface area contributed by atoms with Crippen molar-refractivity contribution < 1.29 is 39.3 Å². The first-order valence-electron chi connectivity index (χ1n) is 9.02. The third-order valence-corrected chi connectivity index (χ3v) is 4.67.